The quantitative estimate of drug-likeness (QED) is 0.800. The SMILES string of the molecule is COC(C)(C)CC(O)CCc1nccn1C. The topological polar surface area (TPSA) is 47.3 Å². The van der Waals surface area contributed by atoms with Gasteiger partial charge in [0, 0.05) is 39.4 Å². The Morgan fingerprint density at radius 1 is 1.56 bits per heavy atom. The van der Waals surface area contributed by atoms with Crippen LogP contribution < -0.4 is 0 Å². The van der Waals surface area contributed by atoms with E-state index in [9.17, 15) is 5.11 Å². The Bertz CT molecular complexity index is 321. The van der Waals surface area contributed by atoms with E-state index in [0.29, 0.717) is 6.42 Å². The molecule has 1 aromatic heterocycles. The number of aliphatic hydroxyl groups excluding tert-OH is 1. The van der Waals surface area contributed by atoms with Crippen molar-refractivity contribution in [2.45, 2.75) is 44.8 Å². The van der Waals surface area contributed by atoms with E-state index in [0.717, 1.165) is 18.7 Å². The average molecular weight is 226 g/mol. The molecule has 1 aromatic rings. The molecule has 0 saturated heterocycles. The Hall–Kier alpha value is -0.870. The van der Waals surface area contributed by atoms with Gasteiger partial charge in [0.15, 0.2) is 0 Å². The third-order valence-corrected chi connectivity index (χ3v) is 2.90. The molecule has 92 valence electrons. The Kier molecular flexibility index (Phi) is 4.50. The fraction of sp³-hybridized carbons (Fsp3) is 0.750. The van der Waals surface area contributed by atoms with E-state index in [1.54, 1.807) is 13.3 Å². The van der Waals surface area contributed by atoms with Crippen molar-refractivity contribution in [3.63, 3.8) is 0 Å². The van der Waals surface area contributed by atoms with E-state index in [1.165, 1.54) is 0 Å². The molecule has 0 fully saturated rings. The number of hydrogen-bond donors (Lipinski definition) is 1. The normalized spacial score (nSPS) is 14.1. The lowest BCUT2D eigenvalue weighted by Crippen LogP contribution is -2.29. The summed E-state index contributed by atoms with van der Waals surface area (Å²) in [5.74, 6) is 1.01. The Labute approximate surface area is 97.3 Å². The van der Waals surface area contributed by atoms with Gasteiger partial charge in [0.25, 0.3) is 0 Å². The van der Waals surface area contributed by atoms with Crippen LogP contribution in [-0.4, -0.2) is 33.5 Å². The lowest BCUT2D eigenvalue weighted by Gasteiger charge is -2.25. The van der Waals surface area contributed by atoms with Gasteiger partial charge in [0.05, 0.1) is 11.7 Å². The Balaban J connectivity index is 2.36. The molecule has 0 amide bonds. The van der Waals surface area contributed by atoms with Gasteiger partial charge >= 0.3 is 0 Å². The molecule has 0 radical (unpaired) electrons. The molecule has 1 atom stereocenters. The molecule has 1 rings (SSSR count). The first-order valence-electron chi connectivity index (χ1n) is 5.64. The molecule has 4 heteroatoms. The van der Waals surface area contributed by atoms with Crippen molar-refractivity contribution in [3.05, 3.63) is 18.2 Å². The highest BCUT2D eigenvalue weighted by atomic mass is 16.5. The zero-order valence-electron chi connectivity index (χ0n) is 10.6. The highest BCUT2D eigenvalue weighted by molar-refractivity contribution is 4.91. The van der Waals surface area contributed by atoms with E-state index in [4.69, 9.17) is 4.74 Å². The Morgan fingerprint density at radius 2 is 2.25 bits per heavy atom. The third-order valence-electron chi connectivity index (χ3n) is 2.90. The van der Waals surface area contributed by atoms with Gasteiger partial charge in [0.2, 0.25) is 0 Å². The van der Waals surface area contributed by atoms with Gasteiger partial charge in [-0.2, -0.15) is 0 Å². The van der Waals surface area contributed by atoms with Crippen molar-refractivity contribution in [2.24, 2.45) is 7.05 Å². The average Bonchev–Trinajstić information content (AvgIpc) is 2.60. The fourth-order valence-electron chi connectivity index (χ4n) is 1.69. The molecule has 1 unspecified atom stereocenters. The van der Waals surface area contributed by atoms with Crippen molar-refractivity contribution < 1.29 is 9.84 Å². The van der Waals surface area contributed by atoms with Crippen LogP contribution in [-0.2, 0) is 18.2 Å². The molecule has 0 spiro atoms. The van der Waals surface area contributed by atoms with E-state index in [2.05, 4.69) is 4.98 Å². The number of rotatable bonds is 6. The number of imidazole rings is 1. The molecule has 0 aliphatic heterocycles. The van der Waals surface area contributed by atoms with Gasteiger partial charge in [-0.05, 0) is 20.3 Å². The number of aryl methyl sites for hydroxylation is 2. The predicted octanol–water partition coefficient (Wildman–Crippen LogP) is 1.53. The molecule has 0 bridgehead atoms. The minimum absolute atomic E-state index is 0.263. The van der Waals surface area contributed by atoms with Crippen LogP contribution in [0.3, 0.4) is 0 Å². The first-order chi connectivity index (χ1) is 7.44. The largest absolute Gasteiger partial charge is 0.393 e. The van der Waals surface area contributed by atoms with Crippen molar-refractivity contribution >= 4 is 0 Å². The van der Waals surface area contributed by atoms with Crippen molar-refractivity contribution in [1.82, 2.24) is 9.55 Å². The molecular formula is C12H22N2O2. The van der Waals surface area contributed by atoms with Gasteiger partial charge in [-0.1, -0.05) is 0 Å². The summed E-state index contributed by atoms with van der Waals surface area (Å²) in [6.45, 7) is 3.97. The molecule has 16 heavy (non-hydrogen) atoms. The molecule has 4 nitrogen and oxygen atoms in total. The minimum Gasteiger partial charge on any atom is -0.393 e. The summed E-state index contributed by atoms with van der Waals surface area (Å²) in [4.78, 5) is 4.22. The molecular weight excluding hydrogens is 204 g/mol. The van der Waals surface area contributed by atoms with E-state index >= 15 is 0 Å². The minimum atomic E-state index is -0.341. The second kappa shape index (κ2) is 5.46. The van der Waals surface area contributed by atoms with Crippen LogP contribution in [0.1, 0.15) is 32.5 Å². The zero-order chi connectivity index (χ0) is 12.2. The first kappa shape index (κ1) is 13.2. The van der Waals surface area contributed by atoms with Crippen LogP contribution in [0.2, 0.25) is 0 Å². The van der Waals surface area contributed by atoms with Crippen molar-refractivity contribution in [3.8, 4) is 0 Å². The highest BCUT2D eigenvalue weighted by Gasteiger charge is 2.21. The number of hydrogen-bond acceptors (Lipinski definition) is 3. The molecule has 0 aromatic carbocycles. The lowest BCUT2D eigenvalue weighted by molar-refractivity contribution is -0.0210. The standard InChI is InChI=1S/C12H22N2O2/c1-12(2,16-4)9-10(15)5-6-11-13-7-8-14(11)3/h7-8,10,15H,5-6,9H2,1-4H3. The van der Waals surface area contributed by atoms with Crippen LogP contribution in [0.4, 0.5) is 0 Å². The number of nitrogens with zero attached hydrogens (tertiary/aromatic N) is 2. The summed E-state index contributed by atoms with van der Waals surface area (Å²) < 4.78 is 7.27. The molecule has 1 heterocycles. The third kappa shape index (κ3) is 3.94. The summed E-state index contributed by atoms with van der Waals surface area (Å²) in [6, 6.07) is 0. The highest BCUT2D eigenvalue weighted by Crippen LogP contribution is 2.18. The molecule has 1 N–H and O–H groups in total. The predicted molar refractivity (Wildman–Crippen MR) is 63.2 cm³/mol. The maximum Gasteiger partial charge on any atom is 0.108 e. The maximum absolute atomic E-state index is 9.89. The summed E-state index contributed by atoms with van der Waals surface area (Å²) in [5.41, 5.74) is -0.263. The van der Waals surface area contributed by atoms with Gasteiger partial charge in [-0.25, -0.2) is 4.98 Å². The smallest absolute Gasteiger partial charge is 0.108 e. The van der Waals surface area contributed by atoms with E-state index in [1.807, 2.05) is 31.7 Å². The van der Waals surface area contributed by atoms with Crippen LogP contribution in [0.25, 0.3) is 0 Å². The summed E-state index contributed by atoms with van der Waals surface area (Å²) in [7, 11) is 3.64. The summed E-state index contributed by atoms with van der Waals surface area (Å²) >= 11 is 0. The zero-order valence-corrected chi connectivity index (χ0v) is 10.6. The number of methoxy groups -OCH3 is 1. The van der Waals surface area contributed by atoms with Gasteiger partial charge in [-0.3, -0.25) is 0 Å². The number of ether oxygens (including phenoxy) is 1. The van der Waals surface area contributed by atoms with Crippen LogP contribution in [0.15, 0.2) is 12.4 Å². The fourth-order valence-corrected chi connectivity index (χ4v) is 1.69. The number of aliphatic hydroxyl groups is 1. The molecule has 0 aliphatic carbocycles. The van der Waals surface area contributed by atoms with Crippen LogP contribution in [0.5, 0.6) is 0 Å². The molecule has 0 aliphatic rings. The van der Waals surface area contributed by atoms with Crippen molar-refractivity contribution in [2.75, 3.05) is 7.11 Å². The van der Waals surface area contributed by atoms with Crippen molar-refractivity contribution in [1.29, 1.82) is 0 Å². The second-order valence-corrected chi connectivity index (χ2v) is 4.81. The second-order valence-electron chi connectivity index (χ2n) is 4.81. The Morgan fingerprint density at radius 3 is 2.75 bits per heavy atom. The molecule has 0 saturated carbocycles. The van der Waals surface area contributed by atoms with E-state index in [-0.39, 0.29) is 11.7 Å². The van der Waals surface area contributed by atoms with Gasteiger partial charge in [0.1, 0.15) is 5.82 Å². The van der Waals surface area contributed by atoms with Gasteiger partial charge in [-0.15, -0.1) is 0 Å². The summed E-state index contributed by atoms with van der Waals surface area (Å²) in [6.07, 6.45) is 5.52. The number of aromatic nitrogens is 2. The van der Waals surface area contributed by atoms with Gasteiger partial charge < -0.3 is 14.4 Å². The van der Waals surface area contributed by atoms with E-state index < -0.39 is 0 Å². The van der Waals surface area contributed by atoms with Crippen LogP contribution in [0, 0.1) is 0 Å². The first-order valence-corrected chi connectivity index (χ1v) is 5.64. The van der Waals surface area contributed by atoms with Crippen LogP contribution >= 0.6 is 0 Å². The summed E-state index contributed by atoms with van der Waals surface area (Å²) in [5, 5.41) is 9.89. The lowest BCUT2D eigenvalue weighted by atomic mass is 9.98. The monoisotopic (exact) mass is 226 g/mol. The maximum atomic E-state index is 9.89.